The van der Waals surface area contributed by atoms with Crippen LogP contribution < -0.4 is 0 Å². The number of hydrogen-bond acceptors (Lipinski definition) is 6. The Hall–Kier alpha value is -2.15. The van der Waals surface area contributed by atoms with Gasteiger partial charge in [0.2, 0.25) is 5.16 Å². The van der Waals surface area contributed by atoms with Gasteiger partial charge in [-0.15, -0.1) is 10.2 Å². The van der Waals surface area contributed by atoms with Crippen LogP contribution in [0.2, 0.25) is 0 Å². The summed E-state index contributed by atoms with van der Waals surface area (Å²) in [6.07, 6.45) is 0.652. The first-order chi connectivity index (χ1) is 11.5. The van der Waals surface area contributed by atoms with Gasteiger partial charge in [0.1, 0.15) is 10.8 Å². The van der Waals surface area contributed by atoms with Gasteiger partial charge in [-0.2, -0.15) is 0 Å². The van der Waals surface area contributed by atoms with Crippen LogP contribution in [0, 0.1) is 6.92 Å². The molecule has 7 heteroatoms. The van der Waals surface area contributed by atoms with E-state index in [9.17, 15) is 4.79 Å². The molecule has 2 heterocycles. The zero-order chi connectivity index (χ0) is 17.3. The van der Waals surface area contributed by atoms with Gasteiger partial charge in [-0.25, -0.2) is 4.98 Å². The van der Waals surface area contributed by atoms with E-state index in [1.807, 2.05) is 18.5 Å². The van der Waals surface area contributed by atoms with Crippen molar-refractivity contribution < 1.29 is 9.53 Å². The highest BCUT2D eigenvalue weighted by atomic mass is 32.2. The third-order valence-corrected chi connectivity index (χ3v) is 5.10. The fourth-order valence-electron chi connectivity index (χ4n) is 2.67. The van der Waals surface area contributed by atoms with E-state index < -0.39 is 0 Å². The lowest BCUT2D eigenvalue weighted by molar-refractivity contribution is -0.142. The Morgan fingerprint density at radius 2 is 2.12 bits per heavy atom. The van der Waals surface area contributed by atoms with Gasteiger partial charge >= 0.3 is 5.97 Å². The Bertz CT molecular complexity index is 906. The minimum Gasteiger partial charge on any atom is -0.465 e. The number of rotatable bonds is 5. The van der Waals surface area contributed by atoms with Gasteiger partial charge in [-0.1, -0.05) is 30.3 Å². The molecule has 0 saturated carbocycles. The third-order valence-electron chi connectivity index (χ3n) is 3.90. The van der Waals surface area contributed by atoms with Crippen LogP contribution in [0.4, 0.5) is 0 Å². The summed E-state index contributed by atoms with van der Waals surface area (Å²) in [6, 6.07) is 6.22. The quantitative estimate of drug-likeness (QED) is 0.523. The van der Waals surface area contributed by atoms with E-state index in [1.54, 1.807) is 6.92 Å². The number of carbonyl (C=O) groups is 1. The summed E-state index contributed by atoms with van der Waals surface area (Å²) in [5.41, 5.74) is 3.79. The number of benzene rings is 1. The molecule has 3 aromatic rings. The molecule has 0 amide bonds. The van der Waals surface area contributed by atoms with Crippen molar-refractivity contribution in [3.63, 3.8) is 0 Å². The molecule has 126 valence electrons. The van der Waals surface area contributed by atoms with Gasteiger partial charge in [0.15, 0.2) is 5.65 Å². The molecule has 0 aliphatic rings. The maximum absolute atomic E-state index is 12.0. The second kappa shape index (κ2) is 6.76. The zero-order valence-corrected chi connectivity index (χ0v) is 15.1. The van der Waals surface area contributed by atoms with Crippen LogP contribution in [0.5, 0.6) is 0 Å². The number of hydrogen-bond donors (Lipinski definition) is 0. The molecule has 0 N–H and O–H groups in total. The summed E-state index contributed by atoms with van der Waals surface area (Å²) in [7, 11) is 1.96. The van der Waals surface area contributed by atoms with Crippen molar-refractivity contribution in [1.29, 1.82) is 0 Å². The molecule has 0 aliphatic carbocycles. The molecule has 0 aliphatic heterocycles. The van der Waals surface area contributed by atoms with Crippen LogP contribution >= 0.6 is 11.8 Å². The van der Waals surface area contributed by atoms with E-state index in [-0.39, 0.29) is 11.2 Å². The first-order valence-electron chi connectivity index (χ1n) is 7.97. The van der Waals surface area contributed by atoms with Crippen molar-refractivity contribution >= 4 is 39.8 Å². The van der Waals surface area contributed by atoms with Gasteiger partial charge in [0.05, 0.1) is 12.1 Å². The van der Waals surface area contributed by atoms with Crippen LogP contribution in [0.3, 0.4) is 0 Å². The van der Waals surface area contributed by atoms with Gasteiger partial charge < -0.3 is 9.30 Å². The van der Waals surface area contributed by atoms with Crippen molar-refractivity contribution in [2.45, 2.75) is 37.6 Å². The minimum atomic E-state index is -0.318. The maximum atomic E-state index is 12.0. The van der Waals surface area contributed by atoms with E-state index >= 15 is 0 Å². The molecule has 0 radical (unpaired) electrons. The summed E-state index contributed by atoms with van der Waals surface area (Å²) in [6.45, 7) is 6.17. The number of aromatic nitrogens is 4. The van der Waals surface area contributed by atoms with E-state index in [0.717, 1.165) is 22.1 Å². The molecule has 0 unspecified atom stereocenters. The van der Waals surface area contributed by atoms with E-state index in [2.05, 4.69) is 40.3 Å². The number of carbonyl (C=O) groups excluding carboxylic acids is 1. The predicted octanol–water partition coefficient (Wildman–Crippen LogP) is 3.26. The van der Waals surface area contributed by atoms with Crippen molar-refractivity contribution in [1.82, 2.24) is 19.7 Å². The fourth-order valence-corrected chi connectivity index (χ4v) is 3.48. The van der Waals surface area contributed by atoms with Gasteiger partial charge in [0.25, 0.3) is 0 Å². The van der Waals surface area contributed by atoms with Crippen molar-refractivity contribution in [3.8, 4) is 0 Å². The SMILES string of the molecule is CCOC(=O)[C@@H](CC)Sc1nnc2c3cc(C)ccc3n(C)c2n1. The Kier molecular flexibility index (Phi) is 4.71. The molecule has 1 aromatic carbocycles. The van der Waals surface area contributed by atoms with Crippen molar-refractivity contribution in [2.75, 3.05) is 6.61 Å². The molecule has 1 atom stereocenters. The predicted molar refractivity (Wildman–Crippen MR) is 95.1 cm³/mol. The van der Waals surface area contributed by atoms with Gasteiger partial charge in [-0.3, -0.25) is 4.79 Å². The molecule has 0 saturated heterocycles. The summed E-state index contributed by atoms with van der Waals surface area (Å²) in [5.74, 6) is -0.235. The van der Waals surface area contributed by atoms with E-state index in [0.29, 0.717) is 18.2 Å². The lowest BCUT2D eigenvalue weighted by Gasteiger charge is -2.11. The molecule has 24 heavy (non-hydrogen) atoms. The molecule has 0 fully saturated rings. The monoisotopic (exact) mass is 344 g/mol. The van der Waals surface area contributed by atoms with Crippen molar-refractivity contribution in [2.24, 2.45) is 7.05 Å². The number of esters is 1. The van der Waals surface area contributed by atoms with Crippen LogP contribution in [0.1, 0.15) is 25.8 Å². The molecule has 2 aromatic heterocycles. The van der Waals surface area contributed by atoms with E-state index in [1.165, 1.54) is 17.3 Å². The third kappa shape index (κ3) is 2.96. The Morgan fingerprint density at radius 3 is 2.83 bits per heavy atom. The molecular formula is C17H20N4O2S. The van der Waals surface area contributed by atoms with Crippen LogP contribution in [-0.4, -0.2) is 37.6 Å². The molecule has 0 spiro atoms. The molecule has 0 bridgehead atoms. The lowest BCUT2D eigenvalue weighted by Crippen LogP contribution is -2.19. The van der Waals surface area contributed by atoms with Crippen LogP contribution in [0.15, 0.2) is 23.4 Å². The smallest absolute Gasteiger partial charge is 0.319 e. The number of fused-ring (bicyclic) bond motifs is 3. The summed E-state index contributed by atoms with van der Waals surface area (Å²) in [4.78, 5) is 16.6. The Balaban J connectivity index is 2.01. The average molecular weight is 344 g/mol. The average Bonchev–Trinajstić information content (AvgIpc) is 2.84. The summed E-state index contributed by atoms with van der Waals surface area (Å²) < 4.78 is 7.11. The first-order valence-corrected chi connectivity index (χ1v) is 8.85. The number of thioether (sulfide) groups is 1. The number of nitrogens with zero attached hydrogens (tertiary/aromatic N) is 4. The number of ether oxygens (including phenoxy) is 1. The largest absolute Gasteiger partial charge is 0.465 e. The standard InChI is InChI=1S/C17H20N4O2S/c1-5-13(16(22)23-6-2)24-17-18-15-14(19-20-17)11-9-10(3)7-8-12(11)21(15)4/h7-9,13H,5-6H2,1-4H3/t13-/m1/s1. The van der Waals surface area contributed by atoms with E-state index in [4.69, 9.17) is 4.74 Å². The Labute approximate surface area is 144 Å². The fraction of sp³-hybridized carbons (Fsp3) is 0.412. The maximum Gasteiger partial charge on any atom is 0.319 e. The molecular weight excluding hydrogens is 324 g/mol. The molecule has 6 nitrogen and oxygen atoms in total. The van der Waals surface area contributed by atoms with Crippen LogP contribution in [-0.2, 0) is 16.6 Å². The molecule has 3 rings (SSSR count). The first kappa shape index (κ1) is 16.7. The summed E-state index contributed by atoms with van der Waals surface area (Å²) in [5, 5.41) is 9.78. The Morgan fingerprint density at radius 1 is 1.33 bits per heavy atom. The second-order valence-electron chi connectivity index (χ2n) is 5.61. The summed E-state index contributed by atoms with van der Waals surface area (Å²) >= 11 is 1.30. The minimum absolute atomic E-state index is 0.235. The lowest BCUT2D eigenvalue weighted by atomic mass is 10.2. The topological polar surface area (TPSA) is 69.9 Å². The number of aryl methyl sites for hydroxylation is 2. The van der Waals surface area contributed by atoms with Gasteiger partial charge in [0, 0.05) is 12.4 Å². The van der Waals surface area contributed by atoms with Crippen molar-refractivity contribution in [3.05, 3.63) is 23.8 Å². The highest BCUT2D eigenvalue weighted by molar-refractivity contribution is 8.00. The normalized spacial score (nSPS) is 12.7. The second-order valence-corrected chi connectivity index (χ2v) is 6.78. The van der Waals surface area contributed by atoms with Gasteiger partial charge in [-0.05, 0) is 32.4 Å². The zero-order valence-electron chi connectivity index (χ0n) is 14.2. The highest BCUT2D eigenvalue weighted by Crippen LogP contribution is 2.28. The van der Waals surface area contributed by atoms with Crippen LogP contribution in [0.25, 0.3) is 22.1 Å². The highest BCUT2D eigenvalue weighted by Gasteiger charge is 2.22.